The quantitative estimate of drug-likeness (QED) is 0.737. The molecule has 2 N–H and O–H groups in total. The van der Waals surface area contributed by atoms with Gasteiger partial charge in [-0.2, -0.15) is 0 Å². The van der Waals surface area contributed by atoms with E-state index >= 15 is 0 Å². The minimum Gasteiger partial charge on any atom is -0.372 e. The second-order valence-electron chi connectivity index (χ2n) is 4.08. The molecule has 1 aliphatic heterocycles. The Hall–Kier alpha value is -1.51. The highest BCUT2D eigenvalue weighted by molar-refractivity contribution is 6.03. The number of carbonyl (C=O) groups excluding carboxylic acids is 1. The van der Waals surface area contributed by atoms with Crippen molar-refractivity contribution in [1.29, 1.82) is 0 Å². The fourth-order valence-electron chi connectivity index (χ4n) is 1.80. The number of fused-ring (bicyclic) bond motifs is 1. The Morgan fingerprint density at radius 2 is 1.80 bits per heavy atom. The Balaban J connectivity index is 2.41. The molecule has 0 bridgehead atoms. The smallest absolute Gasteiger partial charge is 0.246 e. The molecule has 80 valence electrons. The number of amides is 1. The lowest BCUT2D eigenvalue weighted by Gasteiger charge is -2.26. The van der Waals surface area contributed by atoms with Gasteiger partial charge in [-0.25, -0.2) is 0 Å². The molecule has 2 rings (SSSR count). The van der Waals surface area contributed by atoms with E-state index in [1.807, 2.05) is 19.9 Å². The standard InChI is InChI=1S/C12H16N2O/c1-4-9-12(15)14-11-6-8(3)7(2)5-10(11)13-9/h5-6,9,13H,4H2,1-3H3,(H,14,15). The van der Waals surface area contributed by atoms with Crippen molar-refractivity contribution in [2.45, 2.75) is 33.2 Å². The van der Waals surface area contributed by atoms with Gasteiger partial charge < -0.3 is 10.6 Å². The third kappa shape index (κ3) is 1.69. The van der Waals surface area contributed by atoms with Crippen LogP contribution in [0.15, 0.2) is 12.1 Å². The summed E-state index contributed by atoms with van der Waals surface area (Å²) in [5, 5.41) is 6.18. The highest BCUT2D eigenvalue weighted by atomic mass is 16.2. The first-order chi connectivity index (χ1) is 7.11. The summed E-state index contributed by atoms with van der Waals surface area (Å²) in [7, 11) is 0. The zero-order valence-corrected chi connectivity index (χ0v) is 9.35. The van der Waals surface area contributed by atoms with Gasteiger partial charge in [0.25, 0.3) is 0 Å². The minimum atomic E-state index is -0.0976. The summed E-state index contributed by atoms with van der Waals surface area (Å²) in [5.74, 6) is 0.0632. The molecule has 3 nitrogen and oxygen atoms in total. The van der Waals surface area contributed by atoms with Crippen molar-refractivity contribution in [3.63, 3.8) is 0 Å². The van der Waals surface area contributed by atoms with Gasteiger partial charge in [-0.3, -0.25) is 4.79 Å². The van der Waals surface area contributed by atoms with Crippen LogP contribution in [-0.4, -0.2) is 11.9 Å². The zero-order valence-electron chi connectivity index (χ0n) is 9.35. The Kier molecular flexibility index (Phi) is 2.39. The van der Waals surface area contributed by atoms with Crippen LogP contribution >= 0.6 is 0 Å². The summed E-state index contributed by atoms with van der Waals surface area (Å²) in [6.45, 7) is 6.13. The highest BCUT2D eigenvalue weighted by Gasteiger charge is 2.23. The van der Waals surface area contributed by atoms with Gasteiger partial charge in [0, 0.05) is 0 Å². The van der Waals surface area contributed by atoms with Crippen molar-refractivity contribution < 1.29 is 4.79 Å². The molecule has 0 aliphatic carbocycles. The zero-order chi connectivity index (χ0) is 11.0. The van der Waals surface area contributed by atoms with Gasteiger partial charge in [-0.1, -0.05) is 6.92 Å². The molecule has 15 heavy (non-hydrogen) atoms. The molecule has 0 spiro atoms. The van der Waals surface area contributed by atoms with Crippen molar-refractivity contribution in [2.24, 2.45) is 0 Å². The number of nitrogens with one attached hydrogen (secondary N) is 2. The number of carbonyl (C=O) groups is 1. The summed E-state index contributed by atoms with van der Waals surface area (Å²) in [6, 6.07) is 4.01. The molecule has 1 aromatic rings. The number of benzene rings is 1. The van der Waals surface area contributed by atoms with Gasteiger partial charge in [0.1, 0.15) is 6.04 Å². The van der Waals surface area contributed by atoms with Gasteiger partial charge in [0.05, 0.1) is 11.4 Å². The molecule has 0 radical (unpaired) electrons. The van der Waals surface area contributed by atoms with Gasteiger partial charge in [0.15, 0.2) is 0 Å². The summed E-state index contributed by atoms with van der Waals surface area (Å²) >= 11 is 0. The molecule has 1 atom stereocenters. The second-order valence-corrected chi connectivity index (χ2v) is 4.08. The molecule has 0 fully saturated rings. The normalized spacial score (nSPS) is 19.1. The fraction of sp³-hybridized carbons (Fsp3) is 0.417. The Labute approximate surface area is 89.9 Å². The Bertz CT molecular complexity index is 412. The molecular weight excluding hydrogens is 188 g/mol. The SMILES string of the molecule is CCC1Nc2cc(C)c(C)cc2NC1=O. The molecule has 1 unspecified atom stereocenters. The monoisotopic (exact) mass is 204 g/mol. The maximum atomic E-state index is 11.6. The maximum Gasteiger partial charge on any atom is 0.246 e. The summed E-state index contributed by atoms with van der Waals surface area (Å²) in [4.78, 5) is 11.6. The van der Waals surface area contributed by atoms with Crippen LogP contribution in [0.3, 0.4) is 0 Å². The van der Waals surface area contributed by atoms with Crippen molar-refractivity contribution >= 4 is 17.3 Å². The average Bonchev–Trinajstić information content (AvgIpc) is 2.20. The van der Waals surface area contributed by atoms with Crippen molar-refractivity contribution in [3.8, 4) is 0 Å². The van der Waals surface area contributed by atoms with Crippen LogP contribution in [0.5, 0.6) is 0 Å². The second kappa shape index (κ2) is 3.57. The fourth-order valence-corrected chi connectivity index (χ4v) is 1.80. The van der Waals surface area contributed by atoms with Crippen LogP contribution in [0.25, 0.3) is 0 Å². The largest absolute Gasteiger partial charge is 0.372 e. The first-order valence-electron chi connectivity index (χ1n) is 5.30. The molecule has 3 heteroatoms. The first kappa shape index (κ1) is 10.0. The number of hydrogen-bond acceptors (Lipinski definition) is 2. The maximum absolute atomic E-state index is 11.6. The van der Waals surface area contributed by atoms with E-state index in [2.05, 4.69) is 23.6 Å². The molecule has 0 saturated carbocycles. The van der Waals surface area contributed by atoms with E-state index < -0.39 is 0 Å². The van der Waals surface area contributed by atoms with Crippen LogP contribution in [-0.2, 0) is 4.79 Å². The van der Waals surface area contributed by atoms with Gasteiger partial charge >= 0.3 is 0 Å². The highest BCUT2D eigenvalue weighted by Crippen LogP contribution is 2.30. The summed E-state index contributed by atoms with van der Waals surface area (Å²) in [5.41, 5.74) is 4.37. The third-order valence-corrected chi connectivity index (χ3v) is 2.95. The van der Waals surface area contributed by atoms with E-state index in [-0.39, 0.29) is 11.9 Å². The van der Waals surface area contributed by atoms with Crippen LogP contribution in [0.1, 0.15) is 24.5 Å². The van der Waals surface area contributed by atoms with Crippen LogP contribution in [0.4, 0.5) is 11.4 Å². The van der Waals surface area contributed by atoms with Crippen LogP contribution < -0.4 is 10.6 Å². The van der Waals surface area contributed by atoms with Crippen molar-refractivity contribution in [3.05, 3.63) is 23.3 Å². The summed E-state index contributed by atoms with van der Waals surface area (Å²) < 4.78 is 0. The molecule has 1 amide bonds. The van der Waals surface area contributed by atoms with Crippen LogP contribution in [0.2, 0.25) is 0 Å². The number of rotatable bonds is 1. The summed E-state index contributed by atoms with van der Waals surface area (Å²) in [6.07, 6.45) is 0.804. The van der Waals surface area contributed by atoms with Crippen molar-refractivity contribution in [2.75, 3.05) is 10.6 Å². The minimum absolute atomic E-state index is 0.0632. The molecule has 1 aliphatic rings. The van der Waals surface area contributed by atoms with Gasteiger partial charge in [-0.05, 0) is 43.5 Å². The third-order valence-electron chi connectivity index (χ3n) is 2.95. The lowest BCUT2D eigenvalue weighted by atomic mass is 10.0. The predicted octanol–water partition coefficient (Wildman–Crippen LogP) is 2.45. The predicted molar refractivity (Wildman–Crippen MR) is 62.2 cm³/mol. The molecule has 1 aromatic carbocycles. The number of aryl methyl sites for hydroxylation is 2. The molecule has 1 heterocycles. The van der Waals surface area contributed by atoms with Crippen LogP contribution in [0, 0.1) is 13.8 Å². The Morgan fingerprint density at radius 3 is 2.40 bits per heavy atom. The van der Waals surface area contributed by atoms with E-state index in [0.29, 0.717) is 0 Å². The molecular formula is C12H16N2O. The molecule has 0 saturated heterocycles. The van der Waals surface area contributed by atoms with E-state index in [4.69, 9.17) is 0 Å². The van der Waals surface area contributed by atoms with E-state index in [1.165, 1.54) is 11.1 Å². The Morgan fingerprint density at radius 1 is 1.20 bits per heavy atom. The lowest BCUT2D eigenvalue weighted by molar-refractivity contribution is -0.117. The van der Waals surface area contributed by atoms with E-state index in [1.54, 1.807) is 0 Å². The topological polar surface area (TPSA) is 41.1 Å². The lowest BCUT2D eigenvalue weighted by Crippen LogP contribution is -2.38. The first-order valence-corrected chi connectivity index (χ1v) is 5.30. The average molecular weight is 204 g/mol. The van der Waals surface area contributed by atoms with E-state index in [9.17, 15) is 4.79 Å². The number of anilines is 2. The van der Waals surface area contributed by atoms with Gasteiger partial charge in [-0.15, -0.1) is 0 Å². The number of hydrogen-bond donors (Lipinski definition) is 2. The van der Waals surface area contributed by atoms with E-state index in [0.717, 1.165) is 17.8 Å². The van der Waals surface area contributed by atoms with Crippen molar-refractivity contribution in [1.82, 2.24) is 0 Å². The van der Waals surface area contributed by atoms with Gasteiger partial charge in [0.2, 0.25) is 5.91 Å². The molecule has 0 aromatic heterocycles.